The molecule has 1 amide bonds. The van der Waals surface area contributed by atoms with Crippen LogP contribution in [0.4, 0.5) is 11.6 Å². The quantitative estimate of drug-likeness (QED) is 0.688. The highest BCUT2D eigenvalue weighted by molar-refractivity contribution is 6.30. The Kier molecular flexibility index (Phi) is 5.44. The van der Waals surface area contributed by atoms with Gasteiger partial charge < -0.3 is 19.7 Å². The minimum absolute atomic E-state index is 0.0619. The van der Waals surface area contributed by atoms with Gasteiger partial charge in [0.25, 0.3) is 0 Å². The fourth-order valence-electron chi connectivity index (χ4n) is 3.59. The summed E-state index contributed by atoms with van der Waals surface area (Å²) in [6.07, 6.45) is 3.46. The molecule has 1 aromatic carbocycles. The van der Waals surface area contributed by atoms with E-state index in [2.05, 4.69) is 20.4 Å². The van der Waals surface area contributed by atoms with Crippen LogP contribution in [0.1, 0.15) is 12.8 Å². The Hall–Kier alpha value is -3.00. The molecule has 1 aliphatic heterocycles. The van der Waals surface area contributed by atoms with Gasteiger partial charge in [0.2, 0.25) is 11.9 Å². The van der Waals surface area contributed by atoms with E-state index in [-0.39, 0.29) is 11.8 Å². The lowest BCUT2D eigenvalue weighted by Crippen LogP contribution is -2.41. The van der Waals surface area contributed by atoms with Gasteiger partial charge in [-0.2, -0.15) is 0 Å². The summed E-state index contributed by atoms with van der Waals surface area (Å²) in [6, 6.07) is 8.92. The number of methoxy groups -OCH3 is 2. The van der Waals surface area contributed by atoms with E-state index in [1.807, 2.05) is 10.5 Å². The highest BCUT2D eigenvalue weighted by atomic mass is 35.5. The Morgan fingerprint density at radius 3 is 2.86 bits per heavy atom. The number of rotatable bonds is 5. The number of aromatic nitrogens is 3. The number of benzene rings is 1. The number of carbonyl (C=O) groups is 1. The zero-order valence-corrected chi connectivity index (χ0v) is 17.0. The molecule has 3 heterocycles. The summed E-state index contributed by atoms with van der Waals surface area (Å²) in [5, 5.41) is 12.1. The molecule has 4 rings (SSSR count). The number of carbonyl (C=O) groups excluding carboxylic acids is 1. The minimum Gasteiger partial charge on any atom is -0.497 e. The molecule has 1 aliphatic rings. The van der Waals surface area contributed by atoms with Gasteiger partial charge in [0.05, 0.1) is 30.8 Å². The van der Waals surface area contributed by atoms with Gasteiger partial charge >= 0.3 is 0 Å². The van der Waals surface area contributed by atoms with Crippen LogP contribution in [-0.4, -0.2) is 47.8 Å². The van der Waals surface area contributed by atoms with Crippen LogP contribution < -0.4 is 19.7 Å². The van der Waals surface area contributed by atoms with Crippen molar-refractivity contribution in [1.29, 1.82) is 0 Å². The standard InChI is InChI=1S/C20H22ClN5O3/c1-28-15-6-7-17(29-2)16(10-15)22-19(27)13-4-3-9-25(11-13)20-24-23-18-8-5-14(21)12-26(18)20/h5-8,10,12-13H,3-4,9,11H2,1-2H3,(H,22,27)/t13-/m1/s1. The van der Waals surface area contributed by atoms with Gasteiger partial charge in [-0.1, -0.05) is 11.6 Å². The second kappa shape index (κ2) is 8.16. The lowest BCUT2D eigenvalue weighted by molar-refractivity contribution is -0.120. The van der Waals surface area contributed by atoms with Gasteiger partial charge in [-0.05, 0) is 37.1 Å². The van der Waals surface area contributed by atoms with Crippen molar-refractivity contribution in [2.45, 2.75) is 12.8 Å². The average Bonchev–Trinajstić information content (AvgIpc) is 3.16. The number of piperidine rings is 1. The van der Waals surface area contributed by atoms with E-state index >= 15 is 0 Å². The van der Waals surface area contributed by atoms with Crippen molar-refractivity contribution in [2.24, 2.45) is 5.92 Å². The van der Waals surface area contributed by atoms with Crippen LogP contribution >= 0.6 is 11.6 Å². The molecule has 0 bridgehead atoms. The molecule has 0 radical (unpaired) electrons. The van der Waals surface area contributed by atoms with Crippen LogP contribution in [0.2, 0.25) is 5.02 Å². The monoisotopic (exact) mass is 415 g/mol. The zero-order valence-electron chi connectivity index (χ0n) is 16.3. The Labute approximate surface area is 173 Å². The number of pyridine rings is 1. The first kappa shape index (κ1) is 19.3. The summed E-state index contributed by atoms with van der Waals surface area (Å²) in [5.41, 5.74) is 1.31. The molecule has 3 aromatic rings. The zero-order chi connectivity index (χ0) is 20.4. The molecule has 152 valence electrons. The van der Waals surface area contributed by atoms with Crippen molar-refractivity contribution >= 4 is 34.8 Å². The van der Waals surface area contributed by atoms with Crippen LogP contribution in [-0.2, 0) is 4.79 Å². The number of amides is 1. The lowest BCUT2D eigenvalue weighted by Gasteiger charge is -2.32. The molecule has 0 unspecified atom stereocenters. The molecule has 8 nitrogen and oxygen atoms in total. The second-order valence-corrected chi connectivity index (χ2v) is 7.35. The van der Waals surface area contributed by atoms with E-state index < -0.39 is 0 Å². The first-order valence-corrected chi connectivity index (χ1v) is 9.75. The number of hydrogen-bond donors (Lipinski definition) is 1. The molecule has 0 saturated carbocycles. The van der Waals surface area contributed by atoms with Crippen molar-refractivity contribution < 1.29 is 14.3 Å². The summed E-state index contributed by atoms with van der Waals surface area (Å²) in [4.78, 5) is 15.0. The van der Waals surface area contributed by atoms with Gasteiger partial charge in [-0.25, -0.2) is 0 Å². The van der Waals surface area contributed by atoms with Gasteiger partial charge in [0.1, 0.15) is 11.5 Å². The smallest absolute Gasteiger partial charge is 0.231 e. The third-order valence-electron chi connectivity index (χ3n) is 5.09. The number of hydrogen-bond acceptors (Lipinski definition) is 6. The summed E-state index contributed by atoms with van der Waals surface area (Å²) >= 11 is 6.13. The number of halogens is 1. The van der Waals surface area contributed by atoms with Gasteiger partial charge in [-0.15, -0.1) is 10.2 Å². The van der Waals surface area contributed by atoms with Crippen LogP contribution in [0.3, 0.4) is 0 Å². The van der Waals surface area contributed by atoms with Crippen molar-refractivity contribution in [3.8, 4) is 11.5 Å². The number of nitrogens with zero attached hydrogens (tertiary/aromatic N) is 4. The van der Waals surface area contributed by atoms with Crippen LogP contribution in [0.15, 0.2) is 36.5 Å². The average molecular weight is 416 g/mol. The SMILES string of the molecule is COc1ccc(OC)c(NC(=O)[C@@H]2CCCN(c3nnc4ccc(Cl)cn34)C2)c1. The van der Waals surface area contributed by atoms with E-state index in [0.717, 1.165) is 25.0 Å². The van der Waals surface area contributed by atoms with Crippen LogP contribution in [0, 0.1) is 5.92 Å². The predicted octanol–water partition coefficient (Wildman–Crippen LogP) is 3.26. The Morgan fingerprint density at radius 2 is 2.07 bits per heavy atom. The summed E-state index contributed by atoms with van der Waals surface area (Å²) in [7, 11) is 3.16. The maximum atomic E-state index is 13.0. The van der Waals surface area contributed by atoms with Crippen molar-refractivity contribution in [3.05, 3.63) is 41.6 Å². The Balaban J connectivity index is 1.52. The van der Waals surface area contributed by atoms with E-state index in [9.17, 15) is 4.79 Å². The molecule has 1 saturated heterocycles. The minimum atomic E-state index is -0.189. The van der Waals surface area contributed by atoms with Gasteiger partial charge in [-0.3, -0.25) is 9.20 Å². The third kappa shape index (κ3) is 3.93. The first-order valence-electron chi connectivity index (χ1n) is 9.37. The summed E-state index contributed by atoms with van der Waals surface area (Å²) in [6.45, 7) is 1.35. The predicted molar refractivity (Wildman–Crippen MR) is 111 cm³/mol. The molecule has 2 aromatic heterocycles. The van der Waals surface area contributed by atoms with E-state index in [1.54, 1.807) is 44.7 Å². The lowest BCUT2D eigenvalue weighted by atomic mass is 9.97. The molecular weight excluding hydrogens is 394 g/mol. The molecule has 1 atom stereocenters. The van der Waals surface area contributed by atoms with E-state index in [4.69, 9.17) is 21.1 Å². The molecule has 0 aliphatic carbocycles. The maximum Gasteiger partial charge on any atom is 0.231 e. The number of ether oxygens (including phenoxy) is 2. The number of fused-ring (bicyclic) bond motifs is 1. The molecule has 29 heavy (non-hydrogen) atoms. The Morgan fingerprint density at radius 1 is 1.21 bits per heavy atom. The molecule has 1 N–H and O–H groups in total. The van der Waals surface area contributed by atoms with E-state index in [0.29, 0.717) is 34.7 Å². The third-order valence-corrected chi connectivity index (χ3v) is 5.31. The second-order valence-electron chi connectivity index (χ2n) is 6.92. The van der Waals surface area contributed by atoms with Crippen molar-refractivity contribution in [2.75, 3.05) is 37.5 Å². The summed E-state index contributed by atoms with van der Waals surface area (Å²) < 4.78 is 12.5. The largest absolute Gasteiger partial charge is 0.497 e. The first-order chi connectivity index (χ1) is 14.1. The Bertz CT molecular complexity index is 1040. The van der Waals surface area contributed by atoms with Crippen molar-refractivity contribution in [3.63, 3.8) is 0 Å². The topological polar surface area (TPSA) is 81.0 Å². The maximum absolute atomic E-state index is 13.0. The van der Waals surface area contributed by atoms with E-state index in [1.165, 1.54) is 0 Å². The molecular formula is C20H22ClN5O3. The van der Waals surface area contributed by atoms with Gasteiger partial charge in [0.15, 0.2) is 5.65 Å². The fraction of sp³-hybridized carbons (Fsp3) is 0.350. The molecule has 0 spiro atoms. The highest BCUT2D eigenvalue weighted by Crippen LogP contribution is 2.30. The molecule has 1 fully saturated rings. The van der Waals surface area contributed by atoms with Crippen molar-refractivity contribution in [1.82, 2.24) is 14.6 Å². The fourth-order valence-corrected chi connectivity index (χ4v) is 3.75. The normalized spacial score (nSPS) is 16.7. The summed E-state index contributed by atoms with van der Waals surface area (Å²) in [5.74, 6) is 1.68. The highest BCUT2D eigenvalue weighted by Gasteiger charge is 2.28. The van der Waals surface area contributed by atoms with Crippen LogP contribution in [0.5, 0.6) is 11.5 Å². The van der Waals surface area contributed by atoms with Gasteiger partial charge in [0, 0.05) is 25.4 Å². The molecule has 9 heteroatoms. The van der Waals surface area contributed by atoms with Crippen LogP contribution in [0.25, 0.3) is 5.65 Å². The number of nitrogens with one attached hydrogen (secondary N) is 1. The number of anilines is 2.